The van der Waals surface area contributed by atoms with Crippen molar-refractivity contribution < 1.29 is 14.6 Å². The third-order valence-electron chi connectivity index (χ3n) is 2.82. The first-order valence-electron chi connectivity index (χ1n) is 6.53. The van der Waals surface area contributed by atoms with Crippen molar-refractivity contribution in [1.82, 2.24) is 15.0 Å². The summed E-state index contributed by atoms with van der Waals surface area (Å²) in [5.41, 5.74) is 2.39. The highest BCUT2D eigenvalue weighted by Gasteiger charge is 2.27. The molecular formula is C11H20N6O3. The van der Waals surface area contributed by atoms with Crippen LogP contribution in [0.5, 0.6) is 6.01 Å². The summed E-state index contributed by atoms with van der Waals surface area (Å²) in [6, 6.07) is 0.213. The summed E-state index contributed by atoms with van der Waals surface area (Å²) >= 11 is 0. The van der Waals surface area contributed by atoms with Gasteiger partial charge in [-0.3, -0.25) is 5.43 Å². The molecule has 9 heteroatoms. The number of hydrazine groups is 1. The Bertz CT molecular complexity index is 446. The lowest BCUT2D eigenvalue weighted by Crippen LogP contribution is -2.48. The van der Waals surface area contributed by atoms with E-state index >= 15 is 0 Å². The Hall–Kier alpha value is -1.71. The van der Waals surface area contributed by atoms with Gasteiger partial charge >= 0.3 is 6.01 Å². The number of nitrogens with zero attached hydrogens (tertiary/aromatic N) is 4. The largest absolute Gasteiger partial charge is 0.464 e. The molecule has 0 amide bonds. The smallest absolute Gasteiger partial charge is 0.323 e. The van der Waals surface area contributed by atoms with Crippen molar-refractivity contribution in [3.8, 4) is 6.01 Å². The molecular weight excluding hydrogens is 264 g/mol. The number of nitrogens with one attached hydrogen (secondary N) is 1. The van der Waals surface area contributed by atoms with Crippen LogP contribution >= 0.6 is 0 Å². The first-order chi connectivity index (χ1) is 9.66. The van der Waals surface area contributed by atoms with Crippen molar-refractivity contribution in [2.75, 3.05) is 36.6 Å². The maximum absolute atomic E-state index is 9.25. The van der Waals surface area contributed by atoms with E-state index in [0.717, 1.165) is 0 Å². The first kappa shape index (κ1) is 14.7. The molecule has 1 aliphatic heterocycles. The maximum Gasteiger partial charge on any atom is 0.323 e. The Kier molecular flexibility index (Phi) is 4.88. The van der Waals surface area contributed by atoms with Crippen molar-refractivity contribution in [1.29, 1.82) is 0 Å². The predicted molar refractivity (Wildman–Crippen MR) is 72.4 cm³/mol. The summed E-state index contributed by atoms with van der Waals surface area (Å²) in [5.74, 6) is 6.04. The lowest BCUT2D eigenvalue weighted by atomic mass is 10.2. The quantitative estimate of drug-likeness (QED) is 0.469. The Balaban J connectivity index is 2.23. The van der Waals surface area contributed by atoms with Gasteiger partial charge in [-0.2, -0.15) is 15.0 Å². The molecule has 4 N–H and O–H groups in total. The number of morpholine rings is 1. The predicted octanol–water partition coefficient (Wildman–Crippen LogP) is -0.858. The highest BCUT2D eigenvalue weighted by molar-refractivity contribution is 5.38. The second-order valence-electron chi connectivity index (χ2n) is 4.48. The van der Waals surface area contributed by atoms with Gasteiger partial charge in [0, 0.05) is 13.1 Å². The zero-order valence-corrected chi connectivity index (χ0v) is 11.6. The van der Waals surface area contributed by atoms with Crippen molar-refractivity contribution in [3.63, 3.8) is 0 Å². The number of ether oxygens (including phenoxy) is 2. The molecule has 0 radical (unpaired) electrons. The molecule has 9 nitrogen and oxygen atoms in total. The molecule has 0 aromatic carbocycles. The maximum atomic E-state index is 9.25. The molecule has 1 fully saturated rings. The second kappa shape index (κ2) is 6.64. The van der Waals surface area contributed by atoms with Crippen LogP contribution in [0.2, 0.25) is 0 Å². The van der Waals surface area contributed by atoms with Crippen LogP contribution in [-0.4, -0.2) is 58.6 Å². The molecule has 112 valence electrons. The van der Waals surface area contributed by atoms with Crippen molar-refractivity contribution in [3.05, 3.63) is 0 Å². The summed E-state index contributed by atoms with van der Waals surface area (Å²) in [4.78, 5) is 14.4. The van der Waals surface area contributed by atoms with Gasteiger partial charge in [0.15, 0.2) is 0 Å². The normalized spacial score (nSPS) is 22.7. The van der Waals surface area contributed by atoms with E-state index in [4.69, 9.17) is 15.3 Å². The molecule has 2 unspecified atom stereocenters. The lowest BCUT2D eigenvalue weighted by Gasteiger charge is -2.36. The van der Waals surface area contributed by atoms with E-state index in [9.17, 15) is 5.11 Å². The van der Waals surface area contributed by atoms with Gasteiger partial charge in [-0.1, -0.05) is 0 Å². The van der Waals surface area contributed by atoms with E-state index in [0.29, 0.717) is 25.6 Å². The molecule has 2 heterocycles. The third-order valence-corrected chi connectivity index (χ3v) is 2.82. The minimum absolute atomic E-state index is 0.0255. The number of anilines is 2. The fourth-order valence-electron chi connectivity index (χ4n) is 2.05. The number of nitrogens with two attached hydrogens (primary N) is 1. The first-order valence-corrected chi connectivity index (χ1v) is 6.53. The van der Waals surface area contributed by atoms with Crippen LogP contribution in [0, 0.1) is 0 Å². The fourth-order valence-corrected chi connectivity index (χ4v) is 2.05. The second-order valence-corrected chi connectivity index (χ2v) is 4.48. The summed E-state index contributed by atoms with van der Waals surface area (Å²) < 4.78 is 10.9. The molecule has 1 aromatic heterocycles. The number of aliphatic hydroxyl groups is 1. The lowest BCUT2D eigenvalue weighted by molar-refractivity contribution is -0.0425. The van der Waals surface area contributed by atoms with Crippen LogP contribution in [0.1, 0.15) is 13.8 Å². The average Bonchev–Trinajstić information content (AvgIpc) is 2.46. The molecule has 1 aliphatic rings. The van der Waals surface area contributed by atoms with E-state index in [2.05, 4.69) is 20.4 Å². The van der Waals surface area contributed by atoms with Gasteiger partial charge < -0.3 is 19.5 Å². The number of hydrogen-bond donors (Lipinski definition) is 3. The minimum atomic E-state index is -0.264. The topological polar surface area (TPSA) is 119 Å². The van der Waals surface area contributed by atoms with E-state index in [1.807, 2.05) is 18.7 Å². The zero-order valence-electron chi connectivity index (χ0n) is 11.6. The zero-order chi connectivity index (χ0) is 14.5. The van der Waals surface area contributed by atoms with E-state index < -0.39 is 0 Å². The van der Waals surface area contributed by atoms with Gasteiger partial charge in [0.25, 0.3) is 0 Å². The Morgan fingerprint density at radius 1 is 1.45 bits per heavy atom. The molecule has 1 aromatic rings. The third kappa shape index (κ3) is 3.44. The average molecular weight is 284 g/mol. The Morgan fingerprint density at radius 3 is 2.90 bits per heavy atom. The summed E-state index contributed by atoms with van der Waals surface area (Å²) in [5, 5.41) is 9.25. The molecule has 0 bridgehead atoms. The van der Waals surface area contributed by atoms with Crippen LogP contribution in [0.4, 0.5) is 11.9 Å². The van der Waals surface area contributed by atoms with Gasteiger partial charge in [0.1, 0.15) is 0 Å². The number of aromatic nitrogens is 3. The van der Waals surface area contributed by atoms with Gasteiger partial charge in [0.05, 0.1) is 25.4 Å². The van der Waals surface area contributed by atoms with Gasteiger partial charge in [-0.15, -0.1) is 0 Å². The van der Waals surface area contributed by atoms with E-state index in [1.54, 1.807) is 0 Å². The fraction of sp³-hybridized carbons (Fsp3) is 0.727. The Morgan fingerprint density at radius 2 is 2.25 bits per heavy atom. The monoisotopic (exact) mass is 284 g/mol. The minimum Gasteiger partial charge on any atom is -0.464 e. The van der Waals surface area contributed by atoms with Crippen molar-refractivity contribution >= 4 is 11.9 Å². The molecule has 2 atom stereocenters. The van der Waals surface area contributed by atoms with Crippen molar-refractivity contribution in [2.24, 2.45) is 5.84 Å². The Labute approximate surface area is 117 Å². The number of hydrogen-bond acceptors (Lipinski definition) is 9. The van der Waals surface area contributed by atoms with E-state index in [1.165, 1.54) is 0 Å². The van der Waals surface area contributed by atoms with Gasteiger partial charge in [-0.25, -0.2) is 5.84 Å². The standard InChI is InChI=1S/C11H20N6O3/c1-3-19-11-14-9(16-12)13-10(15-11)17-4-7(2)20-8(5-17)6-18/h7-8,18H,3-6,12H2,1-2H3,(H,13,14,15,16). The number of rotatable bonds is 5. The summed E-state index contributed by atoms with van der Waals surface area (Å²) in [6.07, 6.45) is -0.289. The molecule has 0 aliphatic carbocycles. The van der Waals surface area contributed by atoms with Crippen molar-refractivity contribution in [2.45, 2.75) is 26.1 Å². The van der Waals surface area contributed by atoms with Gasteiger partial charge in [-0.05, 0) is 13.8 Å². The van der Waals surface area contributed by atoms with Crippen LogP contribution in [0.3, 0.4) is 0 Å². The van der Waals surface area contributed by atoms with Crippen LogP contribution < -0.4 is 20.9 Å². The summed E-state index contributed by atoms with van der Waals surface area (Å²) in [6.45, 7) is 5.30. The molecule has 0 saturated carbocycles. The molecule has 2 rings (SSSR count). The molecule has 1 saturated heterocycles. The highest BCUT2D eigenvalue weighted by Crippen LogP contribution is 2.19. The summed E-state index contributed by atoms with van der Waals surface area (Å²) in [7, 11) is 0. The SMILES string of the molecule is CCOc1nc(NN)nc(N2CC(C)OC(CO)C2)n1. The number of aliphatic hydroxyl groups excluding tert-OH is 1. The number of nitrogen functional groups attached to an aromatic ring is 1. The van der Waals surface area contributed by atoms with E-state index in [-0.39, 0.29) is 30.8 Å². The highest BCUT2D eigenvalue weighted by atomic mass is 16.5. The van der Waals surface area contributed by atoms with Gasteiger partial charge in [0.2, 0.25) is 11.9 Å². The van der Waals surface area contributed by atoms with Crippen LogP contribution in [0.15, 0.2) is 0 Å². The van der Waals surface area contributed by atoms with Crippen LogP contribution in [0.25, 0.3) is 0 Å². The van der Waals surface area contributed by atoms with Crippen LogP contribution in [-0.2, 0) is 4.74 Å². The molecule has 20 heavy (non-hydrogen) atoms. The molecule has 0 spiro atoms.